The van der Waals surface area contributed by atoms with Crippen LogP contribution in [-0.4, -0.2) is 24.1 Å². The minimum absolute atomic E-state index is 0.0922. The Morgan fingerprint density at radius 2 is 1.76 bits per heavy atom. The van der Waals surface area contributed by atoms with Crippen LogP contribution in [0.3, 0.4) is 0 Å². The lowest BCUT2D eigenvalue weighted by Crippen LogP contribution is -2.43. The Bertz CT molecular complexity index is 1870. The number of pyridine rings is 1. The number of rotatable bonds is 6. The quantitative estimate of drug-likeness (QED) is 0.313. The third-order valence-corrected chi connectivity index (χ3v) is 5.91. The Kier molecular flexibility index (Phi) is 6.36. The number of H-pyrrole nitrogens is 1. The molecule has 0 aliphatic carbocycles. The number of benzene rings is 2. The number of aromatic nitrogens is 5. The molecular formula is C24H16ClF3N6O4. The lowest BCUT2D eigenvalue weighted by atomic mass is 10.2. The number of aromatic amines is 1. The smallest absolute Gasteiger partial charge is 0.355 e. The van der Waals surface area contributed by atoms with Gasteiger partial charge in [0.05, 0.1) is 23.8 Å². The van der Waals surface area contributed by atoms with Crippen molar-refractivity contribution >= 4 is 34.3 Å². The standard InChI is InChI=1S/C24H16ClF3N6O4/c1-11-30-18-8-17(14(25)7-19(18)38-11)31-22-32-23(36)34(10-13-3-2-4-29-21(13)35)24(37)33(22)9-12-5-15(26)20(28)16(27)6-12/h2-8H,9-10H2,1H3,(H,29,35)(H,31,32,36). The molecule has 0 radical (unpaired) electrons. The predicted octanol–water partition coefficient (Wildman–Crippen LogP) is 3.45. The molecule has 38 heavy (non-hydrogen) atoms. The summed E-state index contributed by atoms with van der Waals surface area (Å²) in [6, 6.07) is 7.32. The van der Waals surface area contributed by atoms with E-state index in [4.69, 9.17) is 16.0 Å². The number of fused-ring (bicyclic) bond motifs is 1. The highest BCUT2D eigenvalue weighted by Gasteiger charge is 2.19. The number of aryl methyl sites for hydroxylation is 1. The van der Waals surface area contributed by atoms with E-state index in [2.05, 4.69) is 20.3 Å². The van der Waals surface area contributed by atoms with Crippen molar-refractivity contribution in [3.63, 3.8) is 0 Å². The molecule has 194 valence electrons. The maximum atomic E-state index is 13.9. The largest absolute Gasteiger partial charge is 0.441 e. The summed E-state index contributed by atoms with van der Waals surface area (Å²) in [6.45, 7) is 0.688. The Balaban J connectivity index is 1.65. The van der Waals surface area contributed by atoms with Crippen molar-refractivity contribution in [3.8, 4) is 0 Å². The van der Waals surface area contributed by atoms with Gasteiger partial charge < -0.3 is 14.7 Å². The summed E-state index contributed by atoms with van der Waals surface area (Å²) in [4.78, 5) is 49.0. The van der Waals surface area contributed by atoms with E-state index in [1.807, 2.05) is 0 Å². The second-order valence-corrected chi connectivity index (χ2v) is 8.64. The van der Waals surface area contributed by atoms with Gasteiger partial charge in [-0.05, 0) is 29.8 Å². The average molecular weight is 545 g/mol. The van der Waals surface area contributed by atoms with Gasteiger partial charge >= 0.3 is 11.4 Å². The maximum Gasteiger partial charge on any atom is 0.355 e. The Hall–Kier alpha value is -4.65. The molecule has 0 spiro atoms. The summed E-state index contributed by atoms with van der Waals surface area (Å²) in [5, 5.41) is 2.92. The zero-order chi connectivity index (χ0) is 27.1. The monoisotopic (exact) mass is 544 g/mol. The summed E-state index contributed by atoms with van der Waals surface area (Å²) in [5.74, 6) is -4.55. The first-order valence-corrected chi connectivity index (χ1v) is 11.3. The highest BCUT2D eigenvalue weighted by atomic mass is 35.5. The molecular weight excluding hydrogens is 529 g/mol. The minimum Gasteiger partial charge on any atom is -0.441 e. The topological polar surface area (TPSA) is 128 Å². The van der Waals surface area contributed by atoms with Gasteiger partial charge in [0.2, 0.25) is 5.95 Å². The SMILES string of the molecule is Cc1nc2cc(Nc3nc(=O)n(Cc4ccc[nH]c4=O)c(=O)n3Cc3cc(F)c(F)c(F)c3)c(Cl)cc2o1. The van der Waals surface area contributed by atoms with Crippen molar-refractivity contribution in [1.29, 1.82) is 0 Å². The molecule has 3 aromatic heterocycles. The van der Waals surface area contributed by atoms with Crippen LogP contribution >= 0.6 is 11.6 Å². The molecule has 2 aromatic carbocycles. The van der Waals surface area contributed by atoms with E-state index < -0.39 is 47.5 Å². The molecule has 0 amide bonds. The number of nitrogens with one attached hydrogen (secondary N) is 2. The summed E-state index contributed by atoms with van der Waals surface area (Å²) in [5.41, 5.74) is -1.54. The zero-order valence-corrected chi connectivity index (χ0v) is 20.1. The molecule has 0 aliphatic rings. The van der Waals surface area contributed by atoms with Crippen LogP contribution < -0.4 is 22.3 Å². The Morgan fingerprint density at radius 1 is 1.03 bits per heavy atom. The van der Waals surface area contributed by atoms with Crippen LogP contribution in [0.25, 0.3) is 11.1 Å². The van der Waals surface area contributed by atoms with E-state index >= 15 is 0 Å². The average Bonchev–Trinajstić information content (AvgIpc) is 3.22. The van der Waals surface area contributed by atoms with E-state index in [1.54, 1.807) is 6.92 Å². The maximum absolute atomic E-state index is 13.9. The van der Waals surface area contributed by atoms with Gasteiger partial charge in [0.25, 0.3) is 5.56 Å². The molecule has 2 N–H and O–H groups in total. The molecule has 5 aromatic rings. The van der Waals surface area contributed by atoms with Crippen molar-refractivity contribution in [2.45, 2.75) is 20.0 Å². The molecule has 3 heterocycles. The van der Waals surface area contributed by atoms with E-state index in [-0.39, 0.29) is 27.8 Å². The van der Waals surface area contributed by atoms with Gasteiger partial charge in [-0.1, -0.05) is 17.7 Å². The number of oxazole rings is 1. The Labute approximate surface area is 215 Å². The lowest BCUT2D eigenvalue weighted by molar-refractivity contribution is 0.444. The van der Waals surface area contributed by atoms with Crippen molar-refractivity contribution in [3.05, 3.63) is 113 Å². The van der Waals surface area contributed by atoms with E-state index in [9.17, 15) is 27.6 Å². The van der Waals surface area contributed by atoms with Crippen LogP contribution in [-0.2, 0) is 13.1 Å². The van der Waals surface area contributed by atoms with Crippen molar-refractivity contribution in [2.24, 2.45) is 0 Å². The van der Waals surface area contributed by atoms with E-state index in [0.717, 1.165) is 4.57 Å². The Morgan fingerprint density at radius 3 is 2.47 bits per heavy atom. The number of hydrogen-bond donors (Lipinski definition) is 2. The molecule has 0 atom stereocenters. The molecule has 0 fully saturated rings. The van der Waals surface area contributed by atoms with Gasteiger partial charge in [-0.25, -0.2) is 32.3 Å². The second-order valence-electron chi connectivity index (χ2n) is 8.23. The fraction of sp³-hybridized carbons (Fsp3) is 0.125. The molecule has 0 saturated heterocycles. The van der Waals surface area contributed by atoms with E-state index in [1.165, 1.54) is 30.5 Å². The minimum atomic E-state index is -1.67. The first-order chi connectivity index (χ1) is 18.1. The first-order valence-electron chi connectivity index (χ1n) is 11.0. The van der Waals surface area contributed by atoms with Gasteiger partial charge in [0, 0.05) is 24.8 Å². The predicted molar refractivity (Wildman–Crippen MR) is 131 cm³/mol. The molecule has 14 heteroatoms. The normalized spacial score (nSPS) is 11.3. The van der Waals surface area contributed by atoms with Gasteiger partial charge in [-0.3, -0.25) is 9.36 Å². The first kappa shape index (κ1) is 25.0. The molecule has 0 unspecified atom stereocenters. The summed E-state index contributed by atoms with van der Waals surface area (Å²) < 4.78 is 48.3. The number of nitrogens with zero attached hydrogens (tertiary/aromatic N) is 4. The van der Waals surface area contributed by atoms with Crippen molar-refractivity contribution in [2.75, 3.05) is 5.32 Å². The van der Waals surface area contributed by atoms with Crippen LogP contribution in [0, 0.1) is 24.4 Å². The zero-order valence-electron chi connectivity index (χ0n) is 19.4. The van der Waals surface area contributed by atoms with Crippen LogP contribution in [0.15, 0.2) is 61.4 Å². The number of halogens is 4. The second kappa shape index (κ2) is 9.67. The van der Waals surface area contributed by atoms with Crippen LogP contribution in [0.1, 0.15) is 17.0 Å². The third kappa shape index (κ3) is 4.70. The van der Waals surface area contributed by atoms with Gasteiger partial charge in [0.1, 0.15) is 5.52 Å². The summed E-state index contributed by atoms with van der Waals surface area (Å²) in [7, 11) is 0. The number of hydrogen-bond acceptors (Lipinski definition) is 7. The van der Waals surface area contributed by atoms with Crippen LogP contribution in [0.2, 0.25) is 5.02 Å². The van der Waals surface area contributed by atoms with Gasteiger partial charge in [-0.2, -0.15) is 4.98 Å². The highest BCUT2D eigenvalue weighted by Crippen LogP contribution is 2.30. The number of anilines is 2. The lowest BCUT2D eigenvalue weighted by Gasteiger charge is -2.16. The fourth-order valence-corrected chi connectivity index (χ4v) is 4.02. The molecule has 0 saturated carbocycles. The van der Waals surface area contributed by atoms with Gasteiger partial charge in [0.15, 0.2) is 28.9 Å². The van der Waals surface area contributed by atoms with Crippen molar-refractivity contribution in [1.82, 2.24) is 24.1 Å². The van der Waals surface area contributed by atoms with Crippen LogP contribution in [0.5, 0.6) is 0 Å². The van der Waals surface area contributed by atoms with Gasteiger partial charge in [-0.15, -0.1) is 0 Å². The molecule has 10 nitrogen and oxygen atoms in total. The molecule has 0 aliphatic heterocycles. The molecule has 0 bridgehead atoms. The van der Waals surface area contributed by atoms with E-state index in [0.29, 0.717) is 33.7 Å². The third-order valence-electron chi connectivity index (χ3n) is 5.59. The molecule has 5 rings (SSSR count). The fourth-order valence-electron chi connectivity index (χ4n) is 3.82. The van der Waals surface area contributed by atoms with Crippen LogP contribution in [0.4, 0.5) is 24.8 Å². The van der Waals surface area contributed by atoms with Crippen molar-refractivity contribution < 1.29 is 17.6 Å². The summed E-state index contributed by atoms with van der Waals surface area (Å²) in [6.07, 6.45) is 1.38. The highest BCUT2D eigenvalue weighted by molar-refractivity contribution is 6.34. The summed E-state index contributed by atoms with van der Waals surface area (Å²) >= 11 is 6.34.